The maximum absolute atomic E-state index is 6.46. The van der Waals surface area contributed by atoms with Crippen LogP contribution in [0.2, 0.25) is 0 Å². The van der Waals surface area contributed by atoms with Crippen LogP contribution in [-0.4, -0.2) is 19.5 Å². The fourth-order valence-corrected chi connectivity index (χ4v) is 8.50. The highest BCUT2D eigenvalue weighted by Gasteiger charge is 2.63. The molecule has 2 nitrogen and oxygen atoms in total. The van der Waals surface area contributed by atoms with Gasteiger partial charge in [0.1, 0.15) is 0 Å². The Kier molecular flexibility index (Phi) is 6.80. The summed E-state index contributed by atoms with van der Waals surface area (Å²) in [5.41, 5.74) is 6.00. The fraction of sp³-hybridized carbons (Fsp3) is 0.636. The maximum Gasteiger partial charge on any atom is 0.174 e. The Hall–Kier alpha value is -1.64. The fourth-order valence-electron chi connectivity index (χ4n) is 8.50. The van der Waals surface area contributed by atoms with Crippen molar-refractivity contribution < 1.29 is 9.47 Å². The minimum Gasteiger partial charge on any atom is -0.353 e. The van der Waals surface area contributed by atoms with Crippen LogP contribution in [0.3, 0.4) is 0 Å². The summed E-state index contributed by atoms with van der Waals surface area (Å²) >= 11 is 0. The van der Waals surface area contributed by atoms with Crippen molar-refractivity contribution in [2.75, 3.05) is 13.7 Å². The number of methoxy groups -OCH3 is 1. The molecule has 2 aromatic carbocycles. The lowest BCUT2D eigenvalue weighted by Crippen LogP contribution is -2.46. The van der Waals surface area contributed by atoms with Gasteiger partial charge < -0.3 is 9.47 Å². The van der Waals surface area contributed by atoms with Gasteiger partial charge in [-0.2, -0.15) is 0 Å². The van der Waals surface area contributed by atoms with Crippen LogP contribution in [0, 0.1) is 5.41 Å². The van der Waals surface area contributed by atoms with Gasteiger partial charge in [-0.15, -0.1) is 0 Å². The monoisotopic (exact) mass is 472 g/mol. The van der Waals surface area contributed by atoms with Gasteiger partial charge >= 0.3 is 0 Å². The van der Waals surface area contributed by atoms with Gasteiger partial charge in [0, 0.05) is 24.9 Å². The van der Waals surface area contributed by atoms with Crippen LogP contribution in [0.25, 0.3) is 0 Å². The lowest BCUT2D eigenvalue weighted by atomic mass is 9.64. The van der Waals surface area contributed by atoms with Crippen molar-refractivity contribution >= 4 is 0 Å². The molecule has 0 amide bonds. The molecule has 0 aromatic heterocycles. The first-order valence-corrected chi connectivity index (χ1v) is 14.6. The zero-order chi connectivity index (χ0) is 23.7. The van der Waals surface area contributed by atoms with Gasteiger partial charge in [-0.1, -0.05) is 87.1 Å². The number of ether oxygens (including phenoxy) is 2. The first-order chi connectivity index (χ1) is 17.2. The van der Waals surface area contributed by atoms with Gasteiger partial charge in [0.25, 0.3) is 0 Å². The summed E-state index contributed by atoms with van der Waals surface area (Å²) in [6.45, 7) is 0.810. The average Bonchev–Trinajstić information content (AvgIpc) is 3.47. The topological polar surface area (TPSA) is 18.5 Å². The minimum absolute atomic E-state index is 0.0143. The van der Waals surface area contributed by atoms with E-state index in [2.05, 4.69) is 48.5 Å². The Balaban J connectivity index is 1.37. The molecule has 1 aliphatic heterocycles. The smallest absolute Gasteiger partial charge is 0.174 e. The van der Waals surface area contributed by atoms with Gasteiger partial charge in [-0.25, -0.2) is 0 Å². The predicted octanol–water partition coefficient (Wildman–Crippen LogP) is 8.85. The van der Waals surface area contributed by atoms with E-state index in [9.17, 15) is 0 Å². The lowest BCUT2D eigenvalue weighted by molar-refractivity contribution is -0.235. The Morgan fingerprint density at radius 1 is 0.657 bits per heavy atom. The number of rotatable bonds is 6. The molecule has 188 valence electrons. The third-order valence-corrected chi connectivity index (χ3v) is 10.3. The minimum atomic E-state index is -0.443. The van der Waals surface area contributed by atoms with Gasteiger partial charge in [-0.3, -0.25) is 0 Å². The molecule has 1 heterocycles. The van der Waals surface area contributed by atoms with E-state index in [-0.39, 0.29) is 5.41 Å². The van der Waals surface area contributed by atoms with E-state index >= 15 is 0 Å². The second-order valence-electron chi connectivity index (χ2n) is 12.0. The van der Waals surface area contributed by atoms with Gasteiger partial charge in [0.15, 0.2) is 5.79 Å². The van der Waals surface area contributed by atoms with Crippen LogP contribution < -0.4 is 0 Å². The molecule has 2 aromatic rings. The molecule has 3 saturated carbocycles. The summed E-state index contributed by atoms with van der Waals surface area (Å²) in [7, 11) is 1.88. The average molecular weight is 473 g/mol. The Bertz CT molecular complexity index is 892. The summed E-state index contributed by atoms with van der Waals surface area (Å²) in [6, 6.07) is 19.6. The van der Waals surface area contributed by atoms with E-state index in [0.717, 1.165) is 31.3 Å². The van der Waals surface area contributed by atoms with Crippen LogP contribution in [-0.2, 0) is 9.47 Å². The van der Waals surface area contributed by atoms with E-state index in [4.69, 9.17) is 9.47 Å². The van der Waals surface area contributed by atoms with Crippen LogP contribution in [0.4, 0.5) is 0 Å². The van der Waals surface area contributed by atoms with Crippen molar-refractivity contribution in [3.05, 3.63) is 70.8 Å². The molecular formula is C33H44O2. The number of fused-ring (bicyclic) bond motifs is 1. The van der Waals surface area contributed by atoms with Crippen LogP contribution >= 0.6 is 0 Å². The molecule has 3 aliphatic carbocycles. The van der Waals surface area contributed by atoms with Crippen molar-refractivity contribution in [1.29, 1.82) is 0 Å². The van der Waals surface area contributed by atoms with Crippen molar-refractivity contribution in [3.8, 4) is 0 Å². The Morgan fingerprint density at radius 3 is 1.66 bits per heavy atom. The summed E-state index contributed by atoms with van der Waals surface area (Å²) < 4.78 is 12.7. The SMILES string of the molecule is CO[C@]12CCC[C@@]1(C(c1ccc(C3CCCCC3)cc1)c1ccc(C3CCCCC3)cc1)CCO2. The molecule has 6 rings (SSSR count). The van der Waals surface area contributed by atoms with Crippen molar-refractivity contribution in [3.63, 3.8) is 0 Å². The second-order valence-corrected chi connectivity index (χ2v) is 12.0. The highest BCUT2D eigenvalue weighted by Crippen LogP contribution is 2.64. The summed E-state index contributed by atoms with van der Waals surface area (Å²) in [4.78, 5) is 0. The lowest BCUT2D eigenvalue weighted by Gasteiger charge is -2.44. The number of benzene rings is 2. The van der Waals surface area contributed by atoms with Crippen LogP contribution in [0.5, 0.6) is 0 Å². The zero-order valence-electron chi connectivity index (χ0n) is 21.8. The molecule has 2 atom stereocenters. The maximum atomic E-state index is 6.46. The van der Waals surface area contributed by atoms with Gasteiger partial charge in [0.2, 0.25) is 0 Å². The van der Waals surface area contributed by atoms with E-state index in [1.807, 2.05) is 7.11 Å². The molecule has 2 heteroatoms. The molecule has 4 aliphatic rings. The molecule has 0 unspecified atom stereocenters. The first-order valence-electron chi connectivity index (χ1n) is 14.6. The summed E-state index contributed by atoms with van der Waals surface area (Å²) in [5, 5.41) is 0. The predicted molar refractivity (Wildman–Crippen MR) is 143 cm³/mol. The summed E-state index contributed by atoms with van der Waals surface area (Å²) in [5.74, 6) is 1.38. The molecule has 35 heavy (non-hydrogen) atoms. The number of hydrogen-bond donors (Lipinski definition) is 0. The molecule has 4 fully saturated rings. The molecule has 0 spiro atoms. The molecule has 0 radical (unpaired) electrons. The van der Waals surface area contributed by atoms with E-state index in [1.165, 1.54) is 88.2 Å². The van der Waals surface area contributed by atoms with Gasteiger partial charge in [0.05, 0.1) is 6.61 Å². The first kappa shape index (κ1) is 23.7. The second kappa shape index (κ2) is 10.0. The normalized spacial score (nSPS) is 30.1. The van der Waals surface area contributed by atoms with Crippen molar-refractivity contribution in [2.24, 2.45) is 5.41 Å². The summed E-state index contributed by atoms with van der Waals surface area (Å²) in [6.07, 6.45) is 18.3. The highest BCUT2D eigenvalue weighted by molar-refractivity contribution is 5.41. The Morgan fingerprint density at radius 2 is 1.17 bits per heavy atom. The van der Waals surface area contributed by atoms with E-state index in [1.54, 1.807) is 11.1 Å². The molecule has 0 bridgehead atoms. The number of hydrogen-bond acceptors (Lipinski definition) is 2. The van der Waals surface area contributed by atoms with Crippen LogP contribution in [0.15, 0.2) is 48.5 Å². The van der Waals surface area contributed by atoms with Crippen molar-refractivity contribution in [1.82, 2.24) is 0 Å². The highest BCUT2D eigenvalue weighted by atomic mass is 16.7. The third kappa shape index (κ3) is 4.19. The molecular weight excluding hydrogens is 428 g/mol. The Labute approximate surface area is 212 Å². The molecule has 0 N–H and O–H groups in total. The largest absolute Gasteiger partial charge is 0.353 e. The van der Waals surface area contributed by atoms with E-state index < -0.39 is 5.79 Å². The van der Waals surface area contributed by atoms with Crippen molar-refractivity contribution in [2.45, 2.75) is 113 Å². The standard InChI is InChI=1S/C33H44O2/c1-34-33-22-8-21-32(33,23-24-35-33)31(29-17-13-27(14-18-29)25-9-4-2-5-10-25)30-19-15-28(16-20-30)26-11-6-3-7-12-26/h13-20,25-26,31H,2-12,21-24H2,1H3/t32-,33-/m0/s1. The third-order valence-electron chi connectivity index (χ3n) is 10.3. The quantitative estimate of drug-likeness (QED) is 0.418. The van der Waals surface area contributed by atoms with Crippen LogP contribution in [0.1, 0.15) is 130 Å². The van der Waals surface area contributed by atoms with Gasteiger partial charge in [-0.05, 0) is 79.0 Å². The zero-order valence-corrected chi connectivity index (χ0v) is 21.8. The molecule has 1 saturated heterocycles. The van der Waals surface area contributed by atoms with E-state index in [0.29, 0.717) is 5.92 Å².